The van der Waals surface area contributed by atoms with Crippen LogP contribution in [0.5, 0.6) is 0 Å². The molecule has 4 heteroatoms. The third-order valence-electron chi connectivity index (χ3n) is 5.19. The predicted octanol–water partition coefficient (Wildman–Crippen LogP) is 2.37. The van der Waals surface area contributed by atoms with Crippen LogP contribution in [0.3, 0.4) is 0 Å². The van der Waals surface area contributed by atoms with Crippen LogP contribution in [0.4, 0.5) is 0 Å². The van der Waals surface area contributed by atoms with Crippen LogP contribution in [0, 0.1) is 12.8 Å². The fourth-order valence-electron chi connectivity index (χ4n) is 3.82. The average Bonchev–Trinajstić information content (AvgIpc) is 2.56. The van der Waals surface area contributed by atoms with E-state index in [2.05, 4.69) is 28.2 Å². The molecular weight excluding hydrogens is 274 g/mol. The molecule has 114 valence electrons. The second-order valence-electron chi connectivity index (χ2n) is 6.58. The lowest BCUT2D eigenvalue weighted by Gasteiger charge is -2.44. The second-order valence-corrected chi connectivity index (χ2v) is 6.58. The monoisotopic (exact) mass is 295 g/mol. The minimum Gasteiger partial charge on any atom is -0.346 e. The summed E-state index contributed by atoms with van der Waals surface area (Å²) in [6.45, 7) is 5.43. The highest BCUT2D eigenvalue weighted by atomic mass is 16.1. The Hall–Kier alpha value is -1.94. The number of hydrogen-bond donors (Lipinski definition) is 1. The van der Waals surface area contributed by atoms with E-state index in [9.17, 15) is 4.79 Å². The lowest BCUT2D eigenvalue weighted by atomic mass is 9.84. The number of amides is 1. The lowest BCUT2D eigenvalue weighted by Crippen LogP contribution is -2.57. The number of hydrogen-bond acceptors (Lipinski definition) is 3. The van der Waals surface area contributed by atoms with E-state index >= 15 is 0 Å². The summed E-state index contributed by atoms with van der Waals surface area (Å²) in [5.41, 5.74) is 1.70. The van der Waals surface area contributed by atoms with Gasteiger partial charge >= 0.3 is 0 Å². The Kier molecular flexibility index (Phi) is 3.34. The minimum atomic E-state index is -0.0381. The van der Waals surface area contributed by atoms with Crippen molar-refractivity contribution in [3.8, 4) is 0 Å². The Labute approximate surface area is 130 Å². The van der Waals surface area contributed by atoms with Gasteiger partial charge in [-0.25, -0.2) is 0 Å². The van der Waals surface area contributed by atoms with E-state index in [0.717, 1.165) is 17.3 Å². The SMILES string of the molecule is Cc1cccc2cnc(C(=O)NC3CN4CCC3CC4)cc12. The zero-order valence-corrected chi connectivity index (χ0v) is 12.9. The van der Waals surface area contributed by atoms with Gasteiger partial charge in [0.15, 0.2) is 0 Å². The van der Waals surface area contributed by atoms with E-state index in [0.29, 0.717) is 11.6 Å². The highest BCUT2D eigenvalue weighted by Gasteiger charge is 2.35. The summed E-state index contributed by atoms with van der Waals surface area (Å²) in [7, 11) is 0. The molecule has 2 aromatic rings. The lowest BCUT2D eigenvalue weighted by molar-refractivity contribution is 0.0618. The number of rotatable bonds is 2. The van der Waals surface area contributed by atoms with Crippen LogP contribution in [0.25, 0.3) is 10.8 Å². The van der Waals surface area contributed by atoms with Crippen LogP contribution in [0.2, 0.25) is 0 Å². The van der Waals surface area contributed by atoms with Crippen LogP contribution in [-0.4, -0.2) is 41.5 Å². The Morgan fingerprint density at radius 1 is 1.32 bits per heavy atom. The van der Waals surface area contributed by atoms with E-state index in [1.54, 1.807) is 6.20 Å². The zero-order valence-electron chi connectivity index (χ0n) is 12.9. The first kappa shape index (κ1) is 13.7. The molecule has 0 saturated carbocycles. The molecule has 1 atom stereocenters. The highest BCUT2D eigenvalue weighted by Crippen LogP contribution is 2.27. The summed E-state index contributed by atoms with van der Waals surface area (Å²) in [4.78, 5) is 19.3. The molecule has 5 rings (SSSR count). The first-order valence-electron chi connectivity index (χ1n) is 8.09. The number of piperidine rings is 3. The van der Waals surface area contributed by atoms with Gasteiger partial charge in [-0.15, -0.1) is 0 Å². The first-order chi connectivity index (χ1) is 10.7. The normalized spacial score (nSPS) is 27.0. The molecule has 4 nitrogen and oxygen atoms in total. The summed E-state index contributed by atoms with van der Waals surface area (Å²) >= 11 is 0. The molecule has 1 aromatic heterocycles. The molecule has 22 heavy (non-hydrogen) atoms. The molecule has 1 unspecified atom stereocenters. The summed E-state index contributed by atoms with van der Waals surface area (Å²) in [6.07, 6.45) is 4.21. The maximum absolute atomic E-state index is 12.6. The van der Waals surface area contributed by atoms with Gasteiger partial charge in [0.1, 0.15) is 5.69 Å². The van der Waals surface area contributed by atoms with E-state index in [-0.39, 0.29) is 11.9 Å². The van der Waals surface area contributed by atoms with Gasteiger partial charge in [-0.05, 0) is 55.8 Å². The topological polar surface area (TPSA) is 45.2 Å². The molecular formula is C18H21N3O. The van der Waals surface area contributed by atoms with E-state index in [1.165, 1.54) is 31.5 Å². The van der Waals surface area contributed by atoms with Crippen LogP contribution >= 0.6 is 0 Å². The molecule has 2 bridgehead atoms. The van der Waals surface area contributed by atoms with Crippen LogP contribution in [-0.2, 0) is 0 Å². The molecule has 0 radical (unpaired) electrons. The van der Waals surface area contributed by atoms with E-state index < -0.39 is 0 Å². The van der Waals surface area contributed by atoms with Gasteiger partial charge in [0.25, 0.3) is 5.91 Å². The number of carbonyl (C=O) groups excluding carboxylic acids is 1. The largest absolute Gasteiger partial charge is 0.346 e. The van der Waals surface area contributed by atoms with E-state index in [4.69, 9.17) is 0 Å². The number of nitrogens with one attached hydrogen (secondary N) is 1. The third-order valence-corrected chi connectivity index (χ3v) is 5.19. The van der Waals surface area contributed by atoms with Gasteiger partial charge in [-0.1, -0.05) is 18.2 Å². The minimum absolute atomic E-state index is 0.0381. The van der Waals surface area contributed by atoms with Crippen molar-refractivity contribution in [2.24, 2.45) is 5.92 Å². The molecule has 1 amide bonds. The summed E-state index contributed by atoms with van der Waals surface area (Å²) in [5.74, 6) is 0.597. The number of nitrogens with zero attached hydrogens (tertiary/aromatic N) is 2. The molecule has 4 heterocycles. The second kappa shape index (κ2) is 5.36. The maximum atomic E-state index is 12.6. The molecule has 0 spiro atoms. The Morgan fingerprint density at radius 3 is 2.86 bits per heavy atom. The fourth-order valence-corrected chi connectivity index (χ4v) is 3.82. The van der Waals surface area contributed by atoms with Gasteiger partial charge < -0.3 is 10.2 Å². The summed E-state index contributed by atoms with van der Waals surface area (Å²) in [6, 6.07) is 8.32. The fraction of sp³-hybridized carbons (Fsp3) is 0.444. The van der Waals surface area contributed by atoms with E-state index in [1.807, 2.05) is 18.2 Å². The van der Waals surface area contributed by atoms with Crippen molar-refractivity contribution >= 4 is 16.7 Å². The summed E-state index contributed by atoms with van der Waals surface area (Å²) in [5, 5.41) is 5.40. The standard InChI is InChI=1S/C18H21N3O/c1-12-3-2-4-14-10-19-16(9-15(12)14)18(22)20-17-11-21-7-5-13(17)6-8-21/h2-4,9-10,13,17H,5-8,11H2,1H3,(H,20,22). The number of carbonyl (C=O) groups is 1. The third kappa shape index (κ3) is 2.37. The Bertz CT molecular complexity index is 719. The van der Waals surface area contributed by atoms with Gasteiger partial charge in [-0.3, -0.25) is 9.78 Å². The van der Waals surface area contributed by atoms with Crippen LogP contribution in [0.15, 0.2) is 30.5 Å². The predicted molar refractivity (Wildman–Crippen MR) is 86.9 cm³/mol. The van der Waals surface area contributed by atoms with Gasteiger partial charge in [-0.2, -0.15) is 0 Å². The molecule has 3 aliphatic rings. The van der Waals surface area contributed by atoms with Crippen molar-refractivity contribution in [1.82, 2.24) is 15.2 Å². The molecule has 3 fully saturated rings. The smallest absolute Gasteiger partial charge is 0.270 e. The number of pyridine rings is 1. The number of fused-ring (bicyclic) bond motifs is 4. The molecule has 1 aromatic carbocycles. The number of aryl methyl sites for hydroxylation is 1. The van der Waals surface area contributed by atoms with Gasteiger partial charge in [0, 0.05) is 24.2 Å². The average molecular weight is 295 g/mol. The Morgan fingerprint density at radius 2 is 2.14 bits per heavy atom. The van der Waals surface area contributed by atoms with Crippen molar-refractivity contribution in [3.05, 3.63) is 41.7 Å². The van der Waals surface area contributed by atoms with Crippen molar-refractivity contribution in [1.29, 1.82) is 0 Å². The summed E-state index contributed by atoms with van der Waals surface area (Å²) < 4.78 is 0. The van der Waals surface area contributed by atoms with Crippen molar-refractivity contribution in [2.45, 2.75) is 25.8 Å². The molecule has 0 aliphatic carbocycles. The molecule has 3 aliphatic heterocycles. The number of benzene rings is 1. The molecule has 3 saturated heterocycles. The van der Waals surface area contributed by atoms with Crippen molar-refractivity contribution < 1.29 is 4.79 Å². The van der Waals surface area contributed by atoms with Crippen LogP contribution < -0.4 is 5.32 Å². The number of aromatic nitrogens is 1. The quantitative estimate of drug-likeness (QED) is 0.925. The Balaban J connectivity index is 1.56. The van der Waals surface area contributed by atoms with Crippen LogP contribution in [0.1, 0.15) is 28.9 Å². The highest BCUT2D eigenvalue weighted by molar-refractivity contribution is 5.97. The van der Waals surface area contributed by atoms with Gasteiger partial charge in [0.05, 0.1) is 0 Å². The molecule has 1 N–H and O–H groups in total. The first-order valence-corrected chi connectivity index (χ1v) is 8.09. The van der Waals surface area contributed by atoms with Crippen molar-refractivity contribution in [3.63, 3.8) is 0 Å². The van der Waals surface area contributed by atoms with Crippen molar-refractivity contribution in [2.75, 3.05) is 19.6 Å². The maximum Gasteiger partial charge on any atom is 0.270 e. The zero-order chi connectivity index (χ0) is 15.1. The van der Waals surface area contributed by atoms with Gasteiger partial charge in [0.2, 0.25) is 0 Å².